The van der Waals surface area contributed by atoms with Gasteiger partial charge in [0.2, 0.25) is 0 Å². The minimum atomic E-state index is 0.513. The summed E-state index contributed by atoms with van der Waals surface area (Å²) >= 11 is 19.1. The Bertz CT molecular complexity index is 496. The van der Waals surface area contributed by atoms with Gasteiger partial charge in [0.25, 0.3) is 0 Å². The maximum atomic E-state index is 5.94. The van der Waals surface area contributed by atoms with Crippen LogP contribution in [-0.4, -0.2) is 4.98 Å². The van der Waals surface area contributed by atoms with E-state index < -0.39 is 0 Å². The van der Waals surface area contributed by atoms with E-state index in [9.17, 15) is 0 Å². The molecule has 0 atom stereocenters. The summed E-state index contributed by atoms with van der Waals surface area (Å²) < 4.78 is 0. The Kier molecular flexibility index (Phi) is 4.09. The van der Waals surface area contributed by atoms with E-state index in [1.54, 1.807) is 17.4 Å². The number of benzene rings is 1. The van der Waals surface area contributed by atoms with Crippen molar-refractivity contribution in [3.05, 3.63) is 49.9 Å². The van der Waals surface area contributed by atoms with E-state index in [1.807, 2.05) is 18.3 Å². The summed E-state index contributed by atoms with van der Waals surface area (Å²) in [4.78, 5) is 5.37. The minimum absolute atomic E-state index is 0.513. The Morgan fingerprint density at radius 2 is 2.00 bits per heavy atom. The van der Waals surface area contributed by atoms with Gasteiger partial charge in [0.15, 0.2) is 0 Å². The molecule has 5 heteroatoms. The van der Waals surface area contributed by atoms with E-state index in [0.717, 1.165) is 21.9 Å². The second-order valence-electron chi connectivity index (χ2n) is 3.28. The van der Waals surface area contributed by atoms with Crippen LogP contribution in [0.25, 0.3) is 0 Å². The van der Waals surface area contributed by atoms with Crippen molar-refractivity contribution < 1.29 is 0 Å². The van der Waals surface area contributed by atoms with Crippen LogP contribution >= 0.6 is 46.1 Å². The monoisotopic (exact) mass is 291 g/mol. The smallest absolute Gasteiger partial charge is 0.0971 e. The molecule has 2 aromatic rings. The third kappa shape index (κ3) is 2.89. The average molecular weight is 293 g/mol. The lowest BCUT2D eigenvalue weighted by Crippen LogP contribution is -1.86. The van der Waals surface area contributed by atoms with Crippen LogP contribution in [0.1, 0.15) is 15.4 Å². The highest BCUT2D eigenvalue weighted by atomic mass is 35.5. The molecular formula is C11H8Cl3NS. The van der Waals surface area contributed by atoms with E-state index >= 15 is 0 Å². The molecule has 0 bridgehead atoms. The molecule has 1 heterocycles. The highest BCUT2D eigenvalue weighted by Gasteiger charge is 2.04. The molecule has 0 aliphatic heterocycles. The average Bonchev–Trinajstić information content (AvgIpc) is 2.71. The zero-order valence-electron chi connectivity index (χ0n) is 8.21. The molecule has 1 aromatic heterocycles. The molecule has 0 N–H and O–H groups in total. The number of alkyl halides is 1. The molecule has 0 saturated carbocycles. The molecule has 0 spiro atoms. The molecule has 1 nitrogen and oxygen atoms in total. The Morgan fingerprint density at radius 3 is 2.62 bits per heavy atom. The minimum Gasteiger partial charge on any atom is -0.249 e. The van der Waals surface area contributed by atoms with Crippen molar-refractivity contribution in [1.29, 1.82) is 0 Å². The normalized spacial score (nSPS) is 10.7. The second-order valence-corrected chi connectivity index (χ2v) is 5.56. The largest absolute Gasteiger partial charge is 0.249 e. The first-order valence-electron chi connectivity index (χ1n) is 4.62. The lowest BCUT2D eigenvalue weighted by atomic mass is 10.2. The summed E-state index contributed by atoms with van der Waals surface area (Å²) in [5.74, 6) is 0.513. The number of hydrogen-bond donors (Lipinski definition) is 0. The summed E-state index contributed by atoms with van der Waals surface area (Å²) in [5.41, 5.74) is 1.10. The first kappa shape index (κ1) is 12.2. The maximum absolute atomic E-state index is 5.94. The second kappa shape index (κ2) is 5.37. The number of hydrogen-bond acceptors (Lipinski definition) is 2. The summed E-state index contributed by atoms with van der Waals surface area (Å²) in [6.45, 7) is 0. The molecule has 0 amide bonds. The van der Waals surface area contributed by atoms with Gasteiger partial charge in [0.05, 0.1) is 20.9 Å². The number of halogens is 3. The number of aromatic nitrogens is 1. The Labute approximate surface area is 113 Å². The first-order valence-corrected chi connectivity index (χ1v) is 6.73. The summed E-state index contributed by atoms with van der Waals surface area (Å²) in [5, 5.41) is 2.19. The Balaban J connectivity index is 2.17. The number of thiazole rings is 1. The lowest BCUT2D eigenvalue weighted by molar-refractivity contribution is 1.13. The zero-order valence-corrected chi connectivity index (χ0v) is 11.3. The number of rotatable bonds is 3. The van der Waals surface area contributed by atoms with Gasteiger partial charge >= 0.3 is 0 Å². The van der Waals surface area contributed by atoms with Gasteiger partial charge in [-0.25, -0.2) is 4.98 Å². The van der Waals surface area contributed by atoms with Crippen molar-refractivity contribution in [3.8, 4) is 0 Å². The van der Waals surface area contributed by atoms with Crippen molar-refractivity contribution in [2.45, 2.75) is 12.3 Å². The summed E-state index contributed by atoms with van der Waals surface area (Å²) in [6.07, 6.45) is 2.57. The van der Waals surface area contributed by atoms with Crippen molar-refractivity contribution in [3.63, 3.8) is 0 Å². The third-order valence-electron chi connectivity index (χ3n) is 2.07. The molecular weight excluding hydrogens is 285 g/mol. The molecule has 0 aliphatic rings. The Hall–Kier alpha value is -0.280. The SMILES string of the molecule is ClCc1cnc(Cc2ccc(Cl)c(Cl)c2)s1. The van der Waals surface area contributed by atoms with Gasteiger partial charge in [-0.3, -0.25) is 0 Å². The topological polar surface area (TPSA) is 12.9 Å². The van der Waals surface area contributed by atoms with Gasteiger partial charge in [-0.1, -0.05) is 29.3 Å². The van der Waals surface area contributed by atoms with Gasteiger partial charge in [-0.15, -0.1) is 22.9 Å². The first-order chi connectivity index (χ1) is 7.69. The van der Waals surface area contributed by atoms with Crippen LogP contribution in [-0.2, 0) is 12.3 Å². The lowest BCUT2D eigenvalue weighted by Gasteiger charge is -2.00. The van der Waals surface area contributed by atoms with Crippen LogP contribution in [0.5, 0.6) is 0 Å². The fourth-order valence-electron chi connectivity index (χ4n) is 1.32. The fourth-order valence-corrected chi connectivity index (χ4v) is 2.68. The van der Waals surface area contributed by atoms with E-state index in [-0.39, 0.29) is 0 Å². The van der Waals surface area contributed by atoms with Gasteiger partial charge < -0.3 is 0 Å². The van der Waals surface area contributed by atoms with Gasteiger partial charge in [-0.2, -0.15) is 0 Å². The Morgan fingerprint density at radius 1 is 1.19 bits per heavy atom. The van der Waals surface area contributed by atoms with Gasteiger partial charge in [0, 0.05) is 17.5 Å². The fraction of sp³-hybridized carbons (Fsp3) is 0.182. The van der Waals surface area contributed by atoms with Crippen molar-refractivity contribution >= 4 is 46.1 Å². The highest BCUT2D eigenvalue weighted by Crippen LogP contribution is 2.25. The molecule has 0 aliphatic carbocycles. The van der Waals surface area contributed by atoms with Crippen molar-refractivity contribution in [2.75, 3.05) is 0 Å². The van der Waals surface area contributed by atoms with Gasteiger partial charge in [0.1, 0.15) is 0 Å². The zero-order chi connectivity index (χ0) is 11.5. The van der Waals surface area contributed by atoms with E-state index in [2.05, 4.69) is 4.98 Å². The summed E-state index contributed by atoms with van der Waals surface area (Å²) in [7, 11) is 0. The van der Waals surface area contributed by atoms with Crippen LogP contribution in [0.3, 0.4) is 0 Å². The maximum Gasteiger partial charge on any atom is 0.0971 e. The van der Waals surface area contributed by atoms with E-state index in [0.29, 0.717) is 15.9 Å². The van der Waals surface area contributed by atoms with Crippen LogP contribution in [0.15, 0.2) is 24.4 Å². The van der Waals surface area contributed by atoms with E-state index in [1.165, 1.54) is 0 Å². The molecule has 16 heavy (non-hydrogen) atoms. The summed E-state index contributed by atoms with van der Waals surface area (Å²) in [6, 6.07) is 5.62. The molecule has 2 rings (SSSR count). The molecule has 0 saturated heterocycles. The van der Waals surface area contributed by atoms with E-state index in [4.69, 9.17) is 34.8 Å². The molecule has 84 valence electrons. The quantitative estimate of drug-likeness (QED) is 0.742. The van der Waals surface area contributed by atoms with Crippen molar-refractivity contribution in [2.24, 2.45) is 0 Å². The molecule has 0 fully saturated rings. The van der Waals surface area contributed by atoms with Crippen LogP contribution in [0.2, 0.25) is 10.0 Å². The molecule has 1 aromatic carbocycles. The van der Waals surface area contributed by atoms with Crippen LogP contribution in [0, 0.1) is 0 Å². The van der Waals surface area contributed by atoms with Gasteiger partial charge in [-0.05, 0) is 17.7 Å². The predicted octanol–water partition coefficient (Wildman–Crippen LogP) is 4.78. The van der Waals surface area contributed by atoms with Crippen LogP contribution < -0.4 is 0 Å². The number of nitrogens with zero attached hydrogens (tertiary/aromatic N) is 1. The van der Waals surface area contributed by atoms with Crippen molar-refractivity contribution in [1.82, 2.24) is 4.98 Å². The molecule has 0 unspecified atom stereocenters. The van der Waals surface area contributed by atoms with Crippen LogP contribution in [0.4, 0.5) is 0 Å². The predicted molar refractivity (Wildman–Crippen MR) is 70.9 cm³/mol. The third-order valence-corrected chi connectivity index (χ3v) is 4.26. The standard InChI is InChI=1S/C11H8Cl3NS/c12-5-8-6-15-11(16-8)4-7-1-2-9(13)10(14)3-7/h1-3,6H,4-5H2. The molecule has 0 radical (unpaired) electrons. The highest BCUT2D eigenvalue weighted by molar-refractivity contribution is 7.11.